The van der Waals surface area contributed by atoms with E-state index >= 15 is 0 Å². The van der Waals surface area contributed by atoms with Gasteiger partial charge in [-0.3, -0.25) is 4.99 Å². The van der Waals surface area contributed by atoms with Gasteiger partial charge in [-0.25, -0.2) is 0 Å². The third-order valence-electron chi connectivity index (χ3n) is 6.51. The van der Waals surface area contributed by atoms with Crippen LogP contribution in [0.4, 0.5) is 0 Å². The third-order valence-corrected chi connectivity index (χ3v) is 7.82. The fourth-order valence-corrected chi connectivity index (χ4v) is 5.28. The van der Waals surface area contributed by atoms with Gasteiger partial charge in [-0.15, -0.1) is 0 Å². The van der Waals surface area contributed by atoms with E-state index in [1.807, 2.05) is 11.8 Å². The van der Waals surface area contributed by atoms with E-state index in [0.717, 1.165) is 19.0 Å². The van der Waals surface area contributed by atoms with Gasteiger partial charge in [0.25, 0.3) is 0 Å². The van der Waals surface area contributed by atoms with Crippen LogP contribution in [0.15, 0.2) is 4.99 Å². The molecule has 1 heterocycles. The number of thioether (sulfide) groups is 1. The van der Waals surface area contributed by atoms with Crippen LogP contribution in [-0.2, 0) is 0 Å². The molecule has 0 unspecified atom stereocenters. The molecule has 0 aromatic carbocycles. The van der Waals surface area contributed by atoms with Crippen LogP contribution in [0.25, 0.3) is 0 Å². The summed E-state index contributed by atoms with van der Waals surface area (Å²) in [6.07, 6.45) is 5.64. The van der Waals surface area contributed by atoms with Crippen molar-refractivity contribution in [3.8, 4) is 0 Å². The van der Waals surface area contributed by atoms with Crippen LogP contribution in [0, 0.1) is 22.2 Å². The van der Waals surface area contributed by atoms with Crippen LogP contribution in [0.3, 0.4) is 0 Å². The smallest absolute Gasteiger partial charge is 0.156 e. The predicted octanol–water partition coefficient (Wildman–Crippen LogP) is 3.92. The molecule has 19 heavy (non-hydrogen) atoms. The van der Waals surface area contributed by atoms with E-state index in [1.54, 1.807) is 0 Å². The summed E-state index contributed by atoms with van der Waals surface area (Å²) < 4.78 is 0. The number of hydrogen-bond donors (Lipinski definition) is 1. The van der Waals surface area contributed by atoms with Gasteiger partial charge < -0.3 is 5.32 Å². The average molecular weight is 280 g/mol. The molecule has 0 saturated heterocycles. The standard InChI is InChI=1S/C16H28N2S/c1-14(2)12(15(14,3)4)9-17-13-18-10-16(11-19-13)7-5-6-8-16/h12H,5-11H2,1-4H3,(H,17,18). The Balaban J connectivity index is 1.51. The van der Waals surface area contributed by atoms with Crippen molar-refractivity contribution in [2.24, 2.45) is 27.2 Å². The Labute approximate surface area is 122 Å². The van der Waals surface area contributed by atoms with Crippen molar-refractivity contribution in [1.29, 1.82) is 0 Å². The highest BCUT2D eigenvalue weighted by atomic mass is 32.2. The summed E-state index contributed by atoms with van der Waals surface area (Å²) in [5.41, 5.74) is 1.52. The SMILES string of the molecule is CC1(C)C(CNC2=NCC3(CCCC3)CS2)C1(C)C. The molecular formula is C16H28N2S. The zero-order valence-electron chi connectivity index (χ0n) is 12.9. The van der Waals surface area contributed by atoms with Gasteiger partial charge in [-0.05, 0) is 35.0 Å². The number of aliphatic imine (C=N–C) groups is 1. The first-order valence-corrected chi connectivity index (χ1v) is 8.77. The number of amidine groups is 1. The second-order valence-electron chi connectivity index (χ2n) is 7.99. The number of nitrogens with one attached hydrogen (secondary N) is 1. The highest BCUT2D eigenvalue weighted by Crippen LogP contribution is 2.67. The van der Waals surface area contributed by atoms with E-state index in [0.29, 0.717) is 16.2 Å². The zero-order valence-corrected chi connectivity index (χ0v) is 13.7. The Hall–Kier alpha value is -0.180. The lowest BCUT2D eigenvalue weighted by molar-refractivity contribution is 0.358. The lowest BCUT2D eigenvalue weighted by Crippen LogP contribution is -2.34. The third kappa shape index (κ3) is 2.22. The Morgan fingerprint density at radius 2 is 1.79 bits per heavy atom. The summed E-state index contributed by atoms with van der Waals surface area (Å²) in [5.74, 6) is 2.07. The summed E-state index contributed by atoms with van der Waals surface area (Å²) in [5, 5.41) is 4.82. The lowest BCUT2D eigenvalue weighted by atomic mass is 9.89. The molecule has 3 aliphatic rings. The van der Waals surface area contributed by atoms with Crippen LogP contribution in [-0.4, -0.2) is 24.0 Å². The fraction of sp³-hybridized carbons (Fsp3) is 0.938. The van der Waals surface area contributed by atoms with Crippen LogP contribution in [0.5, 0.6) is 0 Å². The van der Waals surface area contributed by atoms with Crippen LogP contribution in [0.2, 0.25) is 0 Å². The first kappa shape index (κ1) is 13.8. The highest BCUT2D eigenvalue weighted by molar-refractivity contribution is 8.13. The molecule has 1 aliphatic heterocycles. The Morgan fingerprint density at radius 1 is 1.16 bits per heavy atom. The second kappa shape index (κ2) is 4.41. The van der Waals surface area contributed by atoms with Crippen molar-refractivity contribution in [2.75, 3.05) is 18.8 Å². The summed E-state index contributed by atoms with van der Waals surface area (Å²) in [7, 11) is 0. The molecular weight excluding hydrogens is 252 g/mol. The normalized spacial score (nSPS) is 31.3. The highest BCUT2D eigenvalue weighted by Gasteiger charge is 2.64. The van der Waals surface area contributed by atoms with E-state index in [2.05, 4.69) is 33.0 Å². The molecule has 1 N–H and O–H groups in total. The van der Waals surface area contributed by atoms with Crippen LogP contribution < -0.4 is 5.32 Å². The summed E-state index contributed by atoms with van der Waals surface area (Å²) >= 11 is 1.97. The maximum absolute atomic E-state index is 4.83. The number of nitrogens with zero attached hydrogens (tertiary/aromatic N) is 1. The zero-order chi connectivity index (χ0) is 13.7. The van der Waals surface area contributed by atoms with Gasteiger partial charge in [0.1, 0.15) is 0 Å². The van der Waals surface area contributed by atoms with Gasteiger partial charge in [0.05, 0.1) is 0 Å². The Kier molecular flexibility index (Phi) is 3.20. The Bertz CT molecular complexity index is 378. The van der Waals surface area contributed by atoms with Crippen molar-refractivity contribution in [3.63, 3.8) is 0 Å². The van der Waals surface area contributed by atoms with E-state index in [-0.39, 0.29) is 0 Å². The quantitative estimate of drug-likeness (QED) is 0.829. The largest absolute Gasteiger partial charge is 0.365 e. The molecule has 3 rings (SSSR count). The lowest BCUT2D eigenvalue weighted by Gasteiger charge is -2.31. The van der Waals surface area contributed by atoms with Gasteiger partial charge in [0.2, 0.25) is 0 Å². The summed E-state index contributed by atoms with van der Waals surface area (Å²) in [6, 6.07) is 0. The van der Waals surface area contributed by atoms with Crippen molar-refractivity contribution in [1.82, 2.24) is 5.32 Å². The minimum Gasteiger partial charge on any atom is -0.365 e. The predicted molar refractivity (Wildman–Crippen MR) is 84.7 cm³/mol. The minimum atomic E-state index is 0.479. The maximum Gasteiger partial charge on any atom is 0.156 e. The monoisotopic (exact) mass is 280 g/mol. The average Bonchev–Trinajstić information content (AvgIpc) is 2.72. The van der Waals surface area contributed by atoms with Gasteiger partial charge in [-0.2, -0.15) is 0 Å². The minimum absolute atomic E-state index is 0.479. The van der Waals surface area contributed by atoms with Crippen LogP contribution >= 0.6 is 11.8 Å². The second-order valence-corrected chi connectivity index (χ2v) is 8.96. The van der Waals surface area contributed by atoms with E-state index in [4.69, 9.17) is 4.99 Å². The topological polar surface area (TPSA) is 24.4 Å². The van der Waals surface area contributed by atoms with Gasteiger partial charge in [0.15, 0.2) is 5.17 Å². The maximum atomic E-state index is 4.83. The van der Waals surface area contributed by atoms with E-state index in [1.165, 1.54) is 36.6 Å². The van der Waals surface area contributed by atoms with Crippen molar-refractivity contribution in [3.05, 3.63) is 0 Å². The fourth-order valence-electron chi connectivity index (χ4n) is 4.12. The molecule has 2 saturated carbocycles. The molecule has 0 aromatic heterocycles. The molecule has 0 amide bonds. The molecule has 0 aromatic rings. The molecule has 3 heteroatoms. The molecule has 2 nitrogen and oxygen atoms in total. The van der Waals surface area contributed by atoms with Crippen molar-refractivity contribution in [2.45, 2.75) is 53.4 Å². The van der Waals surface area contributed by atoms with Gasteiger partial charge in [0, 0.05) is 18.8 Å². The first-order valence-electron chi connectivity index (χ1n) is 7.79. The number of hydrogen-bond acceptors (Lipinski definition) is 3. The molecule has 0 atom stereocenters. The molecule has 2 fully saturated rings. The van der Waals surface area contributed by atoms with Crippen LogP contribution in [0.1, 0.15) is 53.4 Å². The first-order chi connectivity index (χ1) is 8.87. The van der Waals surface area contributed by atoms with Gasteiger partial charge >= 0.3 is 0 Å². The summed E-state index contributed by atoms with van der Waals surface area (Å²) in [4.78, 5) is 4.83. The molecule has 0 radical (unpaired) electrons. The molecule has 108 valence electrons. The Morgan fingerprint density at radius 3 is 2.26 bits per heavy atom. The van der Waals surface area contributed by atoms with Crippen molar-refractivity contribution >= 4 is 16.9 Å². The molecule has 0 bridgehead atoms. The van der Waals surface area contributed by atoms with Crippen molar-refractivity contribution < 1.29 is 0 Å². The summed E-state index contributed by atoms with van der Waals surface area (Å²) in [6.45, 7) is 11.7. The molecule has 1 spiro atoms. The molecule has 2 aliphatic carbocycles. The van der Waals surface area contributed by atoms with E-state index in [9.17, 15) is 0 Å². The van der Waals surface area contributed by atoms with Gasteiger partial charge in [-0.1, -0.05) is 52.3 Å². The van der Waals surface area contributed by atoms with E-state index < -0.39 is 0 Å². The number of rotatable bonds is 2.